The third-order valence-electron chi connectivity index (χ3n) is 5.33. The molecule has 0 atom stereocenters. The molecule has 2 aromatic heterocycles. The Morgan fingerprint density at radius 3 is 2.42 bits per heavy atom. The number of hydrogen-bond acceptors (Lipinski definition) is 6. The second kappa shape index (κ2) is 10.7. The number of anilines is 2. The van der Waals surface area contributed by atoms with Crippen LogP contribution >= 0.6 is 0 Å². The van der Waals surface area contributed by atoms with Crippen molar-refractivity contribution in [3.05, 3.63) is 69.1 Å². The molecule has 33 heavy (non-hydrogen) atoms. The number of carbonyl (C=O) groups excluding carboxylic acids is 1. The minimum Gasteiger partial charge on any atom is -0.383 e. The summed E-state index contributed by atoms with van der Waals surface area (Å²) in [7, 11) is 0. The van der Waals surface area contributed by atoms with E-state index in [1.165, 1.54) is 21.9 Å². The maximum atomic E-state index is 13.5. The molecule has 9 nitrogen and oxygen atoms in total. The van der Waals surface area contributed by atoms with Crippen LogP contribution in [0.15, 0.2) is 52.3 Å². The summed E-state index contributed by atoms with van der Waals surface area (Å²) in [4.78, 5) is 50.9. The molecule has 3 N–H and O–H groups in total. The highest BCUT2D eigenvalue weighted by Gasteiger charge is 2.26. The van der Waals surface area contributed by atoms with Gasteiger partial charge in [0.1, 0.15) is 5.82 Å². The molecule has 1 amide bonds. The summed E-state index contributed by atoms with van der Waals surface area (Å²) in [6.45, 7) is 6.65. The number of rotatable bonds is 9. The number of aromatic amines is 1. The molecule has 0 saturated carbocycles. The van der Waals surface area contributed by atoms with Crippen LogP contribution in [-0.2, 0) is 6.54 Å². The Hall–Kier alpha value is -3.75. The van der Waals surface area contributed by atoms with Crippen LogP contribution in [-0.4, -0.2) is 32.0 Å². The van der Waals surface area contributed by atoms with E-state index in [2.05, 4.69) is 15.0 Å². The Bertz CT molecular complexity index is 1200. The minimum absolute atomic E-state index is 0.0175. The molecule has 9 heteroatoms. The lowest BCUT2D eigenvalue weighted by molar-refractivity contribution is 0.0984. The van der Waals surface area contributed by atoms with Crippen molar-refractivity contribution in [3.8, 4) is 11.4 Å². The predicted octanol–water partition coefficient (Wildman–Crippen LogP) is 3.07. The van der Waals surface area contributed by atoms with Gasteiger partial charge in [0.05, 0.1) is 5.56 Å². The molecule has 0 fully saturated rings. The van der Waals surface area contributed by atoms with Crippen LogP contribution in [0.3, 0.4) is 0 Å². The average molecular weight is 451 g/mol. The number of nitrogens with two attached hydrogens (primary N) is 1. The van der Waals surface area contributed by atoms with Crippen molar-refractivity contribution in [2.45, 2.75) is 46.6 Å². The molecule has 0 aliphatic heterocycles. The second-order valence-electron chi connectivity index (χ2n) is 8.30. The molecular formula is C24H30N6O3. The molecule has 174 valence electrons. The van der Waals surface area contributed by atoms with Crippen molar-refractivity contribution >= 4 is 17.4 Å². The number of hydrogen-bond donors (Lipinski definition) is 2. The molecule has 0 spiro atoms. The summed E-state index contributed by atoms with van der Waals surface area (Å²) >= 11 is 0. The average Bonchev–Trinajstić information content (AvgIpc) is 2.81. The number of amides is 1. The summed E-state index contributed by atoms with van der Waals surface area (Å²) in [6, 6.07) is 9.43. The molecule has 0 unspecified atom stereocenters. The highest BCUT2D eigenvalue weighted by Crippen LogP contribution is 2.21. The first-order valence-corrected chi connectivity index (χ1v) is 11.1. The van der Waals surface area contributed by atoms with Crippen molar-refractivity contribution < 1.29 is 4.79 Å². The van der Waals surface area contributed by atoms with Crippen LogP contribution in [0, 0.1) is 5.92 Å². The number of benzene rings is 1. The zero-order valence-corrected chi connectivity index (χ0v) is 19.2. The van der Waals surface area contributed by atoms with E-state index in [0.717, 1.165) is 12.0 Å². The Balaban J connectivity index is 2.02. The fourth-order valence-electron chi connectivity index (χ4n) is 3.41. The Morgan fingerprint density at radius 2 is 1.82 bits per heavy atom. The Morgan fingerprint density at radius 1 is 1.15 bits per heavy atom. The molecule has 0 bridgehead atoms. The zero-order chi connectivity index (χ0) is 24.0. The van der Waals surface area contributed by atoms with Crippen LogP contribution in [0.25, 0.3) is 11.4 Å². The highest BCUT2D eigenvalue weighted by atomic mass is 16.2. The number of carbonyl (C=O) groups is 1. The quantitative estimate of drug-likeness (QED) is 0.516. The van der Waals surface area contributed by atoms with Gasteiger partial charge in [-0.25, -0.2) is 14.8 Å². The first-order chi connectivity index (χ1) is 15.8. The van der Waals surface area contributed by atoms with Gasteiger partial charge >= 0.3 is 5.69 Å². The molecular weight excluding hydrogens is 420 g/mol. The SMILES string of the molecule is CCCCn1c(N)c(N(CCC(C)C)C(=O)c2cnc(-c3ccccc3)nc2)c(=O)[nH]c1=O. The summed E-state index contributed by atoms with van der Waals surface area (Å²) < 4.78 is 1.31. The molecule has 0 saturated heterocycles. The van der Waals surface area contributed by atoms with Gasteiger partial charge in [-0.15, -0.1) is 0 Å². The van der Waals surface area contributed by atoms with Gasteiger partial charge in [-0.1, -0.05) is 57.5 Å². The van der Waals surface area contributed by atoms with E-state index in [1.54, 1.807) is 0 Å². The number of nitrogen functional groups attached to an aromatic ring is 1. The molecule has 2 heterocycles. The lowest BCUT2D eigenvalue weighted by atomic mass is 10.1. The first-order valence-electron chi connectivity index (χ1n) is 11.1. The molecule has 3 rings (SSSR count). The van der Waals surface area contributed by atoms with E-state index in [9.17, 15) is 14.4 Å². The third-order valence-corrected chi connectivity index (χ3v) is 5.33. The van der Waals surface area contributed by atoms with Gasteiger partial charge in [-0.3, -0.25) is 19.1 Å². The van der Waals surface area contributed by atoms with Gasteiger partial charge in [-0.05, 0) is 18.8 Å². The third kappa shape index (κ3) is 5.54. The van der Waals surface area contributed by atoms with Crippen molar-refractivity contribution in [2.75, 3.05) is 17.2 Å². The normalized spacial score (nSPS) is 11.0. The van der Waals surface area contributed by atoms with Gasteiger partial charge in [0.15, 0.2) is 11.5 Å². The van der Waals surface area contributed by atoms with Crippen LogP contribution < -0.4 is 21.9 Å². The van der Waals surface area contributed by atoms with Gasteiger partial charge in [-0.2, -0.15) is 0 Å². The minimum atomic E-state index is -0.691. The number of H-pyrrole nitrogens is 1. The lowest BCUT2D eigenvalue weighted by Gasteiger charge is -2.25. The van der Waals surface area contributed by atoms with Gasteiger partial charge in [0.25, 0.3) is 11.5 Å². The number of nitrogens with zero attached hydrogens (tertiary/aromatic N) is 4. The second-order valence-corrected chi connectivity index (χ2v) is 8.30. The van der Waals surface area contributed by atoms with Crippen molar-refractivity contribution in [1.82, 2.24) is 19.5 Å². The predicted molar refractivity (Wildman–Crippen MR) is 129 cm³/mol. The van der Waals surface area contributed by atoms with Crippen molar-refractivity contribution in [1.29, 1.82) is 0 Å². The fourth-order valence-corrected chi connectivity index (χ4v) is 3.41. The van der Waals surface area contributed by atoms with E-state index in [4.69, 9.17) is 5.73 Å². The summed E-state index contributed by atoms with van der Waals surface area (Å²) in [5.74, 6) is 0.305. The van der Waals surface area contributed by atoms with Crippen LogP contribution in [0.2, 0.25) is 0 Å². The number of nitrogens with one attached hydrogen (secondary N) is 1. The van der Waals surface area contributed by atoms with E-state index >= 15 is 0 Å². The highest BCUT2D eigenvalue weighted by molar-refractivity contribution is 6.06. The summed E-state index contributed by atoms with van der Waals surface area (Å²) in [5, 5.41) is 0. The van der Waals surface area contributed by atoms with Crippen molar-refractivity contribution in [3.63, 3.8) is 0 Å². The largest absolute Gasteiger partial charge is 0.383 e. The molecule has 0 aliphatic rings. The smallest absolute Gasteiger partial charge is 0.330 e. The topological polar surface area (TPSA) is 127 Å². The van der Waals surface area contributed by atoms with Gasteiger partial charge in [0.2, 0.25) is 0 Å². The maximum absolute atomic E-state index is 13.5. The van der Waals surface area contributed by atoms with E-state index in [0.29, 0.717) is 25.2 Å². The van der Waals surface area contributed by atoms with E-state index in [1.807, 2.05) is 51.1 Å². The number of aromatic nitrogens is 4. The molecule has 1 aromatic carbocycles. The molecule has 0 radical (unpaired) electrons. The Kier molecular flexibility index (Phi) is 7.76. The van der Waals surface area contributed by atoms with E-state index < -0.39 is 17.2 Å². The van der Waals surface area contributed by atoms with Crippen molar-refractivity contribution in [2.24, 2.45) is 5.92 Å². The monoisotopic (exact) mass is 450 g/mol. The maximum Gasteiger partial charge on any atom is 0.330 e. The van der Waals surface area contributed by atoms with Crippen LogP contribution in [0.4, 0.5) is 11.5 Å². The van der Waals surface area contributed by atoms with Crippen LogP contribution in [0.5, 0.6) is 0 Å². The standard InChI is InChI=1S/C24H30N6O3/c1-4-5-12-30-20(25)19(22(31)28-24(30)33)29(13-11-16(2)3)23(32)18-14-26-21(27-15-18)17-9-7-6-8-10-17/h6-10,14-16H,4-5,11-13,25H2,1-3H3,(H,28,31,33). The Labute approximate surface area is 192 Å². The number of unbranched alkanes of at least 4 members (excludes halogenated alkanes) is 1. The first kappa shape index (κ1) is 23.9. The van der Waals surface area contributed by atoms with Gasteiger partial charge < -0.3 is 10.6 Å². The molecule has 0 aliphatic carbocycles. The summed E-state index contributed by atoms with van der Waals surface area (Å²) in [5.41, 5.74) is 6.03. The van der Waals surface area contributed by atoms with Gasteiger partial charge in [0, 0.05) is 31.0 Å². The fraction of sp³-hybridized carbons (Fsp3) is 0.375. The summed E-state index contributed by atoms with van der Waals surface area (Å²) in [6.07, 6.45) is 5.09. The van der Waals surface area contributed by atoms with Crippen LogP contribution in [0.1, 0.15) is 50.4 Å². The van der Waals surface area contributed by atoms with E-state index in [-0.39, 0.29) is 29.5 Å². The lowest BCUT2D eigenvalue weighted by Crippen LogP contribution is -2.42. The molecule has 3 aromatic rings. The zero-order valence-electron chi connectivity index (χ0n) is 19.2.